The highest BCUT2D eigenvalue weighted by atomic mass is 31.0. The van der Waals surface area contributed by atoms with Crippen LogP contribution in [0.1, 0.15) is 31.7 Å². The molecule has 2 rings (SSSR count). The minimum Gasteiger partial charge on any atom is -0.300 e. The molecule has 0 bridgehead atoms. The van der Waals surface area contributed by atoms with Crippen LogP contribution in [0.5, 0.6) is 0 Å². The summed E-state index contributed by atoms with van der Waals surface area (Å²) >= 11 is 0. The number of halogens is 1. The monoisotopic (exact) mass is 239 g/mol. The van der Waals surface area contributed by atoms with Crippen LogP contribution in [0.2, 0.25) is 0 Å². The lowest BCUT2D eigenvalue weighted by Gasteiger charge is -2.20. The zero-order valence-electron chi connectivity index (χ0n) is 9.91. The lowest BCUT2D eigenvalue weighted by molar-refractivity contribution is 0.272. The van der Waals surface area contributed by atoms with Crippen molar-refractivity contribution in [3.8, 4) is 0 Å². The van der Waals surface area contributed by atoms with Crippen LogP contribution in [0.3, 0.4) is 0 Å². The largest absolute Gasteiger partial charge is 0.300 e. The van der Waals surface area contributed by atoms with Crippen LogP contribution in [0, 0.1) is 5.82 Å². The Morgan fingerprint density at radius 1 is 1.44 bits per heavy atom. The molecular formula is C13H19FNP. The molecule has 0 aliphatic carbocycles. The highest BCUT2D eigenvalue weighted by molar-refractivity contribution is 7.27. The molecule has 0 amide bonds. The van der Waals surface area contributed by atoms with Crippen LogP contribution >= 0.6 is 9.24 Å². The van der Waals surface area contributed by atoms with E-state index in [1.807, 2.05) is 12.1 Å². The average Bonchev–Trinajstić information content (AvgIpc) is 2.66. The van der Waals surface area contributed by atoms with Gasteiger partial charge in [-0.2, -0.15) is 0 Å². The number of nitrogens with zero attached hydrogens (tertiary/aromatic N) is 1. The first-order valence-corrected chi connectivity index (χ1v) is 6.44. The summed E-state index contributed by atoms with van der Waals surface area (Å²) in [7, 11) is 2.54. The Labute approximate surface area is 99.2 Å². The summed E-state index contributed by atoms with van der Waals surface area (Å²) < 4.78 is 13.8. The summed E-state index contributed by atoms with van der Waals surface area (Å²) in [6.45, 7) is 6.48. The van der Waals surface area contributed by atoms with Gasteiger partial charge in [0.1, 0.15) is 5.82 Å². The van der Waals surface area contributed by atoms with E-state index >= 15 is 0 Å². The molecule has 88 valence electrons. The second-order valence-corrected chi connectivity index (χ2v) is 5.52. The minimum absolute atomic E-state index is 0.0527. The third-order valence-corrected chi connectivity index (χ3v) is 3.77. The number of likely N-dealkylation sites (tertiary alicyclic amines) is 1. The zero-order valence-corrected chi connectivity index (χ0v) is 11.1. The van der Waals surface area contributed by atoms with Gasteiger partial charge in [0.25, 0.3) is 0 Å². The normalized spacial score (nSPS) is 21.9. The molecule has 1 heterocycles. The zero-order chi connectivity index (χ0) is 11.7. The molecule has 1 nitrogen and oxygen atoms in total. The van der Waals surface area contributed by atoms with Gasteiger partial charge < -0.3 is 4.90 Å². The molecule has 0 N–H and O–H groups in total. The summed E-state index contributed by atoms with van der Waals surface area (Å²) in [5.74, 6) is 0.316. The van der Waals surface area contributed by atoms with Crippen molar-refractivity contribution < 1.29 is 4.39 Å². The maximum Gasteiger partial charge on any atom is 0.127 e. The second-order valence-electron chi connectivity index (χ2n) is 4.86. The molecule has 1 saturated heterocycles. The summed E-state index contributed by atoms with van der Waals surface area (Å²) in [6, 6.07) is 6.08. The Kier molecular flexibility index (Phi) is 3.61. The maximum absolute atomic E-state index is 13.8. The Balaban J connectivity index is 2.14. The van der Waals surface area contributed by atoms with Gasteiger partial charge in [0.15, 0.2) is 0 Å². The molecule has 1 aliphatic rings. The van der Waals surface area contributed by atoms with E-state index in [0.29, 0.717) is 12.0 Å². The first-order valence-electron chi connectivity index (χ1n) is 5.87. The number of rotatable bonds is 2. The molecule has 0 aromatic heterocycles. The third kappa shape index (κ3) is 2.44. The molecule has 1 aromatic carbocycles. The SMILES string of the molecule is CC(C)N1CC[C@H](c2ccc(P)cc2F)C1. The Morgan fingerprint density at radius 3 is 2.75 bits per heavy atom. The van der Waals surface area contributed by atoms with Gasteiger partial charge in [-0.1, -0.05) is 12.1 Å². The highest BCUT2D eigenvalue weighted by Gasteiger charge is 2.26. The van der Waals surface area contributed by atoms with Crippen molar-refractivity contribution in [2.24, 2.45) is 0 Å². The molecule has 2 atom stereocenters. The highest BCUT2D eigenvalue weighted by Crippen LogP contribution is 2.29. The fraction of sp³-hybridized carbons (Fsp3) is 0.538. The standard InChI is InChI=1S/C13H19FNP/c1-9(2)15-6-5-10(8-15)12-4-3-11(16)7-13(12)14/h3-4,7,9-10H,5-6,8,16H2,1-2H3/t10-/m0/s1. The average molecular weight is 239 g/mol. The van der Waals surface area contributed by atoms with E-state index in [1.165, 1.54) is 0 Å². The predicted octanol–water partition coefficient (Wildman–Crippen LogP) is 2.52. The number of hydrogen-bond donors (Lipinski definition) is 0. The number of benzene rings is 1. The van der Waals surface area contributed by atoms with Gasteiger partial charge >= 0.3 is 0 Å². The molecule has 0 radical (unpaired) electrons. The van der Waals surface area contributed by atoms with Crippen molar-refractivity contribution in [2.45, 2.75) is 32.2 Å². The second kappa shape index (κ2) is 4.81. The van der Waals surface area contributed by atoms with Gasteiger partial charge in [-0.15, -0.1) is 9.24 Å². The predicted molar refractivity (Wildman–Crippen MR) is 69.8 cm³/mol. The van der Waals surface area contributed by atoms with E-state index in [-0.39, 0.29) is 5.82 Å². The van der Waals surface area contributed by atoms with Crippen molar-refractivity contribution in [3.63, 3.8) is 0 Å². The van der Waals surface area contributed by atoms with Crippen LogP contribution in [-0.2, 0) is 0 Å². The van der Waals surface area contributed by atoms with Crippen LogP contribution in [-0.4, -0.2) is 24.0 Å². The fourth-order valence-corrected chi connectivity index (χ4v) is 2.63. The summed E-state index contributed by atoms with van der Waals surface area (Å²) in [5, 5.41) is 0.917. The van der Waals surface area contributed by atoms with Gasteiger partial charge in [-0.25, -0.2) is 4.39 Å². The van der Waals surface area contributed by atoms with Gasteiger partial charge in [0.2, 0.25) is 0 Å². The van der Waals surface area contributed by atoms with E-state index in [9.17, 15) is 4.39 Å². The van der Waals surface area contributed by atoms with Crippen molar-refractivity contribution >= 4 is 14.5 Å². The molecule has 0 saturated carbocycles. The molecule has 1 fully saturated rings. The molecule has 1 aliphatic heterocycles. The summed E-state index contributed by atoms with van der Waals surface area (Å²) in [4.78, 5) is 2.42. The van der Waals surface area contributed by atoms with Gasteiger partial charge in [-0.3, -0.25) is 0 Å². The lowest BCUT2D eigenvalue weighted by Crippen LogP contribution is -2.28. The smallest absolute Gasteiger partial charge is 0.127 e. The number of hydrogen-bond acceptors (Lipinski definition) is 1. The Morgan fingerprint density at radius 2 is 2.19 bits per heavy atom. The Bertz CT molecular complexity index is 378. The molecular weight excluding hydrogens is 220 g/mol. The van der Waals surface area contributed by atoms with Crippen molar-refractivity contribution in [1.29, 1.82) is 0 Å². The van der Waals surface area contributed by atoms with Crippen molar-refractivity contribution in [2.75, 3.05) is 13.1 Å². The van der Waals surface area contributed by atoms with E-state index < -0.39 is 0 Å². The van der Waals surface area contributed by atoms with Gasteiger partial charge in [0.05, 0.1) is 0 Å². The van der Waals surface area contributed by atoms with E-state index in [0.717, 1.165) is 30.4 Å². The summed E-state index contributed by atoms with van der Waals surface area (Å²) in [6.07, 6.45) is 1.07. The van der Waals surface area contributed by atoms with Gasteiger partial charge in [-0.05, 0) is 43.7 Å². The van der Waals surface area contributed by atoms with E-state index in [4.69, 9.17) is 0 Å². The quantitative estimate of drug-likeness (QED) is 0.717. The van der Waals surface area contributed by atoms with Crippen LogP contribution in [0.4, 0.5) is 4.39 Å². The maximum atomic E-state index is 13.8. The Hall–Kier alpha value is -0.460. The third-order valence-electron chi connectivity index (χ3n) is 3.41. The molecule has 3 heteroatoms. The molecule has 1 unspecified atom stereocenters. The first-order chi connectivity index (χ1) is 7.58. The fourth-order valence-electron chi connectivity index (χ4n) is 2.38. The molecule has 1 aromatic rings. The van der Waals surface area contributed by atoms with Gasteiger partial charge in [0, 0.05) is 18.5 Å². The molecule has 16 heavy (non-hydrogen) atoms. The van der Waals surface area contributed by atoms with E-state index in [1.54, 1.807) is 6.07 Å². The first kappa shape index (κ1) is 12.0. The van der Waals surface area contributed by atoms with Crippen molar-refractivity contribution in [1.82, 2.24) is 4.90 Å². The molecule has 0 spiro atoms. The minimum atomic E-state index is -0.0527. The van der Waals surface area contributed by atoms with Crippen molar-refractivity contribution in [3.05, 3.63) is 29.6 Å². The van der Waals surface area contributed by atoms with Crippen LogP contribution in [0.15, 0.2) is 18.2 Å². The van der Waals surface area contributed by atoms with Crippen LogP contribution in [0.25, 0.3) is 0 Å². The summed E-state index contributed by atoms with van der Waals surface area (Å²) in [5.41, 5.74) is 0.884. The topological polar surface area (TPSA) is 3.24 Å². The lowest BCUT2D eigenvalue weighted by atomic mass is 9.98. The van der Waals surface area contributed by atoms with Crippen LogP contribution < -0.4 is 5.30 Å². The van der Waals surface area contributed by atoms with E-state index in [2.05, 4.69) is 28.0 Å².